The summed E-state index contributed by atoms with van der Waals surface area (Å²) in [4.78, 5) is 11.8. The lowest BCUT2D eigenvalue weighted by Gasteiger charge is -2.26. The summed E-state index contributed by atoms with van der Waals surface area (Å²) >= 11 is 0. The number of halogens is 1. The van der Waals surface area contributed by atoms with Gasteiger partial charge in [0.25, 0.3) is 0 Å². The van der Waals surface area contributed by atoms with Crippen LogP contribution >= 0.6 is 12.4 Å². The van der Waals surface area contributed by atoms with Crippen LogP contribution in [0.25, 0.3) is 11.1 Å². The van der Waals surface area contributed by atoms with Crippen LogP contribution in [0.15, 0.2) is 32.3 Å². The zero-order valence-corrected chi connectivity index (χ0v) is 14.9. The van der Waals surface area contributed by atoms with Crippen molar-refractivity contribution in [2.75, 3.05) is 13.1 Å². The minimum absolute atomic E-state index is 0. The van der Waals surface area contributed by atoms with Gasteiger partial charge in [-0.25, -0.2) is 13.2 Å². The number of oxazole rings is 1. The van der Waals surface area contributed by atoms with Gasteiger partial charge in [0.1, 0.15) is 0 Å². The molecular weight excluding hydrogens is 354 g/mol. The first-order valence-corrected chi connectivity index (χ1v) is 9.26. The Hall–Kier alpha value is -1.35. The predicted molar refractivity (Wildman–Crippen MR) is 92.0 cm³/mol. The molecule has 24 heavy (non-hydrogen) atoms. The Balaban J connectivity index is 0.00000169. The molecule has 2 saturated heterocycles. The molecule has 0 saturated carbocycles. The predicted octanol–water partition coefficient (Wildman–Crippen LogP) is 1.07. The molecule has 7 nitrogen and oxygen atoms in total. The normalized spacial score (nSPS) is 24.7. The Bertz CT molecular complexity index is 906. The number of nitrogens with zero attached hydrogens (tertiary/aromatic N) is 2. The van der Waals surface area contributed by atoms with Crippen LogP contribution in [-0.4, -0.2) is 42.5 Å². The van der Waals surface area contributed by atoms with Gasteiger partial charge in [-0.1, -0.05) is 0 Å². The first kappa shape index (κ1) is 17.5. The molecule has 0 radical (unpaired) electrons. The molecule has 2 aliphatic heterocycles. The van der Waals surface area contributed by atoms with Crippen LogP contribution < -0.4 is 11.1 Å². The second kappa shape index (κ2) is 6.18. The molecule has 2 fully saturated rings. The number of nitrogens with one attached hydrogen (secondary N) is 1. The van der Waals surface area contributed by atoms with E-state index in [1.54, 1.807) is 23.5 Å². The molecule has 2 unspecified atom stereocenters. The van der Waals surface area contributed by atoms with E-state index in [9.17, 15) is 13.2 Å². The average molecular weight is 374 g/mol. The van der Waals surface area contributed by atoms with Crippen LogP contribution in [0.3, 0.4) is 0 Å². The van der Waals surface area contributed by atoms with Crippen molar-refractivity contribution in [2.45, 2.75) is 36.2 Å². The highest BCUT2D eigenvalue weighted by Crippen LogP contribution is 2.34. The van der Waals surface area contributed by atoms with Crippen LogP contribution in [-0.2, 0) is 17.1 Å². The molecule has 2 aromatic rings. The second-order valence-corrected chi connectivity index (χ2v) is 8.11. The molecule has 0 amide bonds. The molecule has 2 aliphatic rings. The van der Waals surface area contributed by atoms with Crippen molar-refractivity contribution in [2.24, 2.45) is 7.05 Å². The van der Waals surface area contributed by atoms with Crippen molar-refractivity contribution in [1.29, 1.82) is 0 Å². The largest absolute Gasteiger partial charge is 0.419 e. The van der Waals surface area contributed by atoms with Crippen LogP contribution in [0.2, 0.25) is 0 Å². The Kier molecular flexibility index (Phi) is 4.50. The molecule has 0 aliphatic carbocycles. The Morgan fingerprint density at radius 2 is 1.96 bits per heavy atom. The first-order valence-electron chi connectivity index (χ1n) is 7.82. The van der Waals surface area contributed by atoms with Crippen molar-refractivity contribution < 1.29 is 12.8 Å². The van der Waals surface area contributed by atoms with E-state index in [0.29, 0.717) is 17.6 Å². The van der Waals surface area contributed by atoms with Crippen molar-refractivity contribution in [3.63, 3.8) is 0 Å². The number of hydrogen-bond donors (Lipinski definition) is 1. The summed E-state index contributed by atoms with van der Waals surface area (Å²) in [6.45, 7) is 1.54. The molecule has 0 spiro atoms. The Morgan fingerprint density at radius 1 is 1.21 bits per heavy atom. The minimum atomic E-state index is -3.59. The van der Waals surface area contributed by atoms with E-state index in [0.717, 1.165) is 25.8 Å². The lowest BCUT2D eigenvalue weighted by Crippen LogP contribution is -2.42. The summed E-state index contributed by atoms with van der Waals surface area (Å²) in [5, 5.41) is 3.30. The highest BCUT2D eigenvalue weighted by atomic mass is 35.5. The summed E-state index contributed by atoms with van der Waals surface area (Å²) in [6, 6.07) is 4.71. The third kappa shape index (κ3) is 2.57. The number of sulfonamides is 1. The lowest BCUT2D eigenvalue weighted by atomic mass is 10.1. The molecule has 132 valence electrons. The van der Waals surface area contributed by atoms with Crippen LogP contribution in [0.1, 0.15) is 19.3 Å². The number of hydrogen-bond acceptors (Lipinski definition) is 5. The van der Waals surface area contributed by atoms with Gasteiger partial charge in [0.15, 0.2) is 5.58 Å². The number of fused-ring (bicyclic) bond motifs is 3. The van der Waals surface area contributed by atoms with Crippen molar-refractivity contribution in [3.8, 4) is 0 Å². The van der Waals surface area contributed by atoms with E-state index in [1.807, 2.05) is 0 Å². The first-order chi connectivity index (χ1) is 11.0. The van der Waals surface area contributed by atoms with Crippen molar-refractivity contribution in [1.82, 2.24) is 14.2 Å². The van der Waals surface area contributed by atoms with Gasteiger partial charge in [-0.15, -0.1) is 12.4 Å². The van der Waals surface area contributed by atoms with E-state index < -0.39 is 15.8 Å². The van der Waals surface area contributed by atoms with Crippen LogP contribution in [0.5, 0.6) is 0 Å². The molecule has 4 rings (SSSR count). The lowest BCUT2D eigenvalue weighted by molar-refractivity contribution is 0.334. The summed E-state index contributed by atoms with van der Waals surface area (Å²) in [6.07, 6.45) is 2.63. The fourth-order valence-electron chi connectivity index (χ4n) is 3.73. The molecule has 2 atom stereocenters. The zero-order valence-electron chi connectivity index (χ0n) is 13.3. The number of benzene rings is 1. The summed E-state index contributed by atoms with van der Waals surface area (Å²) in [5.74, 6) is -0.492. The molecule has 1 N–H and O–H groups in total. The standard InChI is InChI=1S/C15H19N3O4S.ClH/c1-17-13-5-4-12(8-14(13)22-15(17)19)23(20,21)18-10-2-3-11(18)9-16-7-6-10;/h4-5,8,10-11,16H,2-3,6-7,9H2,1H3;1H. The zero-order chi connectivity index (χ0) is 16.2. The maximum Gasteiger partial charge on any atom is 0.419 e. The van der Waals surface area contributed by atoms with Gasteiger partial charge in [0, 0.05) is 31.7 Å². The number of aromatic nitrogens is 1. The van der Waals surface area contributed by atoms with Gasteiger partial charge in [0.2, 0.25) is 10.0 Å². The average Bonchev–Trinajstić information content (AvgIpc) is 2.94. The monoisotopic (exact) mass is 373 g/mol. The SMILES string of the molecule is Cl.Cn1c(=O)oc2cc(S(=O)(=O)N3C4CCNCC3CC4)ccc21. The molecule has 2 bridgehead atoms. The van der Waals surface area contributed by atoms with Gasteiger partial charge in [-0.2, -0.15) is 4.31 Å². The maximum absolute atomic E-state index is 13.1. The van der Waals surface area contributed by atoms with Gasteiger partial charge in [0.05, 0.1) is 10.4 Å². The van der Waals surface area contributed by atoms with E-state index >= 15 is 0 Å². The maximum atomic E-state index is 13.1. The van der Waals surface area contributed by atoms with Gasteiger partial charge < -0.3 is 9.73 Å². The molecule has 1 aromatic heterocycles. The summed E-state index contributed by atoms with van der Waals surface area (Å²) in [7, 11) is -1.99. The summed E-state index contributed by atoms with van der Waals surface area (Å²) in [5.41, 5.74) is 0.897. The van der Waals surface area contributed by atoms with Crippen LogP contribution in [0.4, 0.5) is 0 Å². The van der Waals surface area contributed by atoms with Crippen LogP contribution in [0, 0.1) is 0 Å². The van der Waals surface area contributed by atoms with Gasteiger partial charge in [-0.3, -0.25) is 4.57 Å². The highest BCUT2D eigenvalue weighted by molar-refractivity contribution is 7.89. The molecule has 1 aromatic carbocycles. The van der Waals surface area contributed by atoms with E-state index in [1.165, 1.54) is 10.6 Å². The third-order valence-corrected chi connectivity index (χ3v) is 6.93. The topological polar surface area (TPSA) is 84.5 Å². The third-order valence-electron chi connectivity index (χ3n) is 4.93. The quantitative estimate of drug-likeness (QED) is 0.851. The molecule has 9 heteroatoms. The van der Waals surface area contributed by atoms with Crippen molar-refractivity contribution in [3.05, 3.63) is 28.7 Å². The second-order valence-electron chi connectivity index (χ2n) is 6.27. The fourth-order valence-corrected chi connectivity index (χ4v) is 5.64. The highest BCUT2D eigenvalue weighted by Gasteiger charge is 2.43. The van der Waals surface area contributed by atoms with Gasteiger partial charge >= 0.3 is 5.76 Å². The fraction of sp³-hybridized carbons (Fsp3) is 0.533. The Morgan fingerprint density at radius 3 is 2.75 bits per heavy atom. The van der Waals surface area contributed by atoms with E-state index in [-0.39, 0.29) is 29.4 Å². The van der Waals surface area contributed by atoms with Crippen molar-refractivity contribution >= 4 is 33.5 Å². The van der Waals surface area contributed by atoms with Gasteiger partial charge in [-0.05, 0) is 37.9 Å². The van der Waals surface area contributed by atoms with E-state index in [4.69, 9.17) is 4.42 Å². The minimum Gasteiger partial charge on any atom is -0.408 e. The number of aryl methyl sites for hydroxylation is 1. The van der Waals surface area contributed by atoms with E-state index in [2.05, 4.69) is 5.32 Å². The summed E-state index contributed by atoms with van der Waals surface area (Å²) < 4.78 is 34.4. The smallest absolute Gasteiger partial charge is 0.408 e. The molecular formula is C15H20ClN3O4S. The number of rotatable bonds is 2. The molecule has 3 heterocycles. The Labute approximate surface area is 146 Å².